The highest BCUT2D eigenvalue weighted by molar-refractivity contribution is 5.81. The molecule has 0 radical (unpaired) electrons. The number of carbonyl (C=O) groups is 2. The van der Waals surface area contributed by atoms with Crippen LogP contribution in [0, 0.1) is 0 Å². The Kier molecular flexibility index (Phi) is 8.13. The number of amides is 2. The molecule has 0 spiro atoms. The predicted molar refractivity (Wildman–Crippen MR) is 57.5 cm³/mol. The predicted octanol–water partition coefficient (Wildman–Crippen LogP) is 0.815. The molecule has 0 aromatic rings. The van der Waals surface area contributed by atoms with Crippen LogP contribution < -0.4 is 10.6 Å². The average Bonchev–Trinajstić information content (AvgIpc) is 2.25. The molecule has 0 aliphatic rings. The minimum Gasteiger partial charge on any atom is -0.445 e. The van der Waals surface area contributed by atoms with Crippen molar-refractivity contribution in [3.8, 4) is 0 Å². The van der Waals surface area contributed by atoms with Gasteiger partial charge in [0.25, 0.3) is 0 Å². The van der Waals surface area contributed by atoms with Gasteiger partial charge in [-0.2, -0.15) is 0 Å². The Labute approximate surface area is 89.9 Å². The topological polar surface area (TPSA) is 67.4 Å². The summed E-state index contributed by atoms with van der Waals surface area (Å²) in [7, 11) is 1.50. The number of carbonyl (C=O) groups excluding carboxylic acids is 2. The van der Waals surface area contributed by atoms with Crippen molar-refractivity contribution < 1.29 is 14.3 Å². The van der Waals surface area contributed by atoms with Crippen LogP contribution in [0.5, 0.6) is 0 Å². The van der Waals surface area contributed by atoms with Crippen LogP contribution in [-0.2, 0) is 9.53 Å². The number of hydrogen-bond donors (Lipinski definition) is 2. The van der Waals surface area contributed by atoms with Crippen molar-refractivity contribution >= 4 is 12.0 Å². The molecule has 0 aliphatic heterocycles. The first-order chi connectivity index (χ1) is 7.20. The summed E-state index contributed by atoms with van der Waals surface area (Å²) in [6.07, 6.45) is 5.19. The normalized spacial score (nSPS) is 10.0. The summed E-state index contributed by atoms with van der Waals surface area (Å²) in [4.78, 5) is 21.7. The monoisotopic (exact) mass is 214 g/mol. The van der Waals surface area contributed by atoms with Gasteiger partial charge in [0.2, 0.25) is 5.91 Å². The standard InChI is InChI=1S/C10H18N2O3/c1-3-4-5-6-7-15-10(14)12-8-9(13)11-2/h5-6H,3-4,7-8H2,1-2H3,(H,11,13)(H,12,14)/b6-5-. The molecule has 5 nitrogen and oxygen atoms in total. The molecular weight excluding hydrogens is 196 g/mol. The maximum Gasteiger partial charge on any atom is 0.407 e. The van der Waals surface area contributed by atoms with Crippen molar-refractivity contribution in [1.82, 2.24) is 10.6 Å². The lowest BCUT2D eigenvalue weighted by molar-refractivity contribution is -0.119. The van der Waals surface area contributed by atoms with Crippen LogP contribution in [-0.4, -0.2) is 32.2 Å². The highest BCUT2D eigenvalue weighted by Gasteiger charge is 2.02. The molecule has 0 saturated heterocycles. The van der Waals surface area contributed by atoms with Crippen LogP contribution >= 0.6 is 0 Å². The zero-order valence-corrected chi connectivity index (χ0v) is 9.21. The zero-order chi connectivity index (χ0) is 11.5. The van der Waals surface area contributed by atoms with Gasteiger partial charge in [-0.3, -0.25) is 4.79 Å². The minimum absolute atomic E-state index is 0.0615. The van der Waals surface area contributed by atoms with Crippen molar-refractivity contribution in [3.63, 3.8) is 0 Å². The summed E-state index contributed by atoms with van der Waals surface area (Å²) in [6, 6.07) is 0. The molecule has 0 aliphatic carbocycles. The summed E-state index contributed by atoms with van der Waals surface area (Å²) in [5.74, 6) is -0.256. The lowest BCUT2D eigenvalue weighted by Crippen LogP contribution is -2.35. The molecule has 0 unspecified atom stereocenters. The van der Waals surface area contributed by atoms with Gasteiger partial charge in [0, 0.05) is 7.05 Å². The molecule has 0 fully saturated rings. The second kappa shape index (κ2) is 9.05. The van der Waals surface area contributed by atoms with Gasteiger partial charge in [-0.05, 0) is 6.42 Å². The molecule has 0 heterocycles. The lowest BCUT2D eigenvalue weighted by atomic mass is 10.3. The van der Waals surface area contributed by atoms with E-state index in [-0.39, 0.29) is 19.1 Å². The number of ether oxygens (including phenoxy) is 1. The second-order valence-corrected chi connectivity index (χ2v) is 2.89. The Morgan fingerprint density at radius 2 is 2.07 bits per heavy atom. The Morgan fingerprint density at radius 1 is 1.33 bits per heavy atom. The number of unbranched alkanes of at least 4 members (excludes halogenated alkanes) is 1. The van der Waals surface area contributed by atoms with E-state index in [4.69, 9.17) is 4.74 Å². The van der Waals surface area contributed by atoms with E-state index in [0.29, 0.717) is 0 Å². The van der Waals surface area contributed by atoms with Crippen molar-refractivity contribution in [1.29, 1.82) is 0 Å². The smallest absolute Gasteiger partial charge is 0.407 e. The molecule has 0 saturated carbocycles. The fourth-order valence-corrected chi connectivity index (χ4v) is 0.768. The number of nitrogens with one attached hydrogen (secondary N) is 2. The molecule has 86 valence electrons. The Balaban J connectivity index is 3.45. The van der Waals surface area contributed by atoms with Crippen molar-refractivity contribution in [2.24, 2.45) is 0 Å². The minimum atomic E-state index is -0.584. The molecule has 15 heavy (non-hydrogen) atoms. The van der Waals surface area contributed by atoms with E-state index in [9.17, 15) is 9.59 Å². The number of hydrogen-bond acceptors (Lipinski definition) is 3. The van der Waals surface area contributed by atoms with Gasteiger partial charge in [-0.15, -0.1) is 0 Å². The summed E-state index contributed by atoms with van der Waals surface area (Å²) in [5.41, 5.74) is 0. The van der Waals surface area contributed by atoms with Crippen LogP contribution in [0.25, 0.3) is 0 Å². The maximum atomic E-state index is 10.9. The first kappa shape index (κ1) is 13.5. The molecule has 0 atom stereocenters. The molecule has 5 heteroatoms. The summed E-state index contributed by atoms with van der Waals surface area (Å²) in [5, 5.41) is 4.70. The van der Waals surface area contributed by atoms with Gasteiger partial charge in [-0.25, -0.2) is 4.79 Å². The van der Waals surface area contributed by atoms with Crippen LogP contribution in [0.15, 0.2) is 12.2 Å². The zero-order valence-electron chi connectivity index (χ0n) is 9.21. The van der Waals surface area contributed by atoms with Gasteiger partial charge >= 0.3 is 6.09 Å². The highest BCUT2D eigenvalue weighted by atomic mass is 16.5. The number of alkyl carbamates (subject to hydrolysis) is 1. The molecule has 0 aromatic heterocycles. The Bertz CT molecular complexity index is 227. The van der Waals surface area contributed by atoms with E-state index in [0.717, 1.165) is 12.8 Å². The van der Waals surface area contributed by atoms with Gasteiger partial charge < -0.3 is 15.4 Å². The van der Waals surface area contributed by atoms with Gasteiger partial charge in [-0.1, -0.05) is 25.5 Å². The SMILES string of the molecule is CCC/C=C\COC(=O)NCC(=O)NC. The van der Waals surface area contributed by atoms with Crippen molar-refractivity contribution in [2.45, 2.75) is 19.8 Å². The molecular formula is C10H18N2O3. The summed E-state index contributed by atoms with van der Waals surface area (Å²) >= 11 is 0. The largest absolute Gasteiger partial charge is 0.445 e. The van der Waals surface area contributed by atoms with Crippen LogP contribution in [0.3, 0.4) is 0 Å². The van der Waals surface area contributed by atoms with Gasteiger partial charge in [0.1, 0.15) is 6.61 Å². The molecule has 0 bridgehead atoms. The van der Waals surface area contributed by atoms with Crippen molar-refractivity contribution in [2.75, 3.05) is 20.2 Å². The third-order valence-corrected chi connectivity index (χ3v) is 1.60. The van der Waals surface area contributed by atoms with Crippen LogP contribution in [0.4, 0.5) is 4.79 Å². The first-order valence-corrected chi connectivity index (χ1v) is 4.97. The fourth-order valence-electron chi connectivity index (χ4n) is 0.768. The van der Waals surface area contributed by atoms with Gasteiger partial charge in [0.05, 0.1) is 6.54 Å². The molecule has 2 amide bonds. The van der Waals surface area contributed by atoms with Crippen LogP contribution in [0.2, 0.25) is 0 Å². The third-order valence-electron chi connectivity index (χ3n) is 1.60. The van der Waals surface area contributed by atoms with Crippen molar-refractivity contribution in [3.05, 3.63) is 12.2 Å². The second-order valence-electron chi connectivity index (χ2n) is 2.89. The van der Waals surface area contributed by atoms with E-state index < -0.39 is 6.09 Å². The summed E-state index contributed by atoms with van der Waals surface area (Å²) < 4.78 is 4.77. The molecule has 0 aromatic carbocycles. The van der Waals surface area contributed by atoms with E-state index in [1.807, 2.05) is 6.08 Å². The Morgan fingerprint density at radius 3 is 2.67 bits per heavy atom. The number of likely N-dealkylation sites (N-methyl/N-ethyl adjacent to an activating group) is 1. The number of rotatable bonds is 6. The lowest BCUT2D eigenvalue weighted by Gasteiger charge is -2.03. The average molecular weight is 214 g/mol. The van der Waals surface area contributed by atoms with E-state index >= 15 is 0 Å². The van der Waals surface area contributed by atoms with Crippen LogP contribution in [0.1, 0.15) is 19.8 Å². The quantitative estimate of drug-likeness (QED) is 0.643. The maximum absolute atomic E-state index is 10.9. The third kappa shape index (κ3) is 8.80. The highest BCUT2D eigenvalue weighted by Crippen LogP contribution is 1.88. The van der Waals surface area contributed by atoms with E-state index in [1.165, 1.54) is 7.05 Å². The first-order valence-electron chi connectivity index (χ1n) is 4.97. The van der Waals surface area contributed by atoms with E-state index in [1.54, 1.807) is 6.08 Å². The fraction of sp³-hybridized carbons (Fsp3) is 0.600. The number of allylic oxidation sites excluding steroid dienone is 1. The summed E-state index contributed by atoms with van der Waals surface area (Å²) in [6.45, 7) is 2.24. The molecule has 2 N–H and O–H groups in total. The van der Waals surface area contributed by atoms with E-state index in [2.05, 4.69) is 17.6 Å². The van der Waals surface area contributed by atoms with Gasteiger partial charge in [0.15, 0.2) is 0 Å². The molecule has 0 rings (SSSR count). The Hall–Kier alpha value is -1.52.